The number of carbonyl (C=O) groups is 2. The molecule has 0 unspecified atom stereocenters. The average Bonchev–Trinajstić information content (AvgIpc) is 3.05. The molecule has 3 nitrogen and oxygen atoms in total. The number of imide groups is 1. The Morgan fingerprint density at radius 2 is 1.67 bits per heavy atom. The summed E-state index contributed by atoms with van der Waals surface area (Å²) in [7, 11) is 0. The summed E-state index contributed by atoms with van der Waals surface area (Å²) in [4.78, 5) is 27.0. The topological polar surface area (TPSA) is 37.4 Å². The van der Waals surface area contributed by atoms with Crippen LogP contribution in [0.15, 0.2) is 36.4 Å². The van der Waals surface area contributed by atoms with Gasteiger partial charge in [-0.3, -0.25) is 9.59 Å². The Kier molecular flexibility index (Phi) is 2.05. The molecule has 4 heteroatoms. The third-order valence-electron chi connectivity index (χ3n) is 5.92. The highest BCUT2D eigenvalue weighted by Crippen LogP contribution is 2.73. The number of fused-ring (bicyclic) bond motifs is 3. The second kappa shape index (κ2) is 3.58. The molecule has 1 aliphatic heterocycles. The SMILES string of the molecule is O=C1[C@@H]2[C@H](C(=O)N1c1cccc(Cl)c1)[C@@H]1C=C[C@@H]2C12CC2. The third-order valence-corrected chi connectivity index (χ3v) is 6.15. The lowest BCUT2D eigenvalue weighted by atomic mass is 9.85. The first-order valence-corrected chi connectivity index (χ1v) is 7.83. The fraction of sp³-hybridized carbons (Fsp3) is 0.412. The largest absolute Gasteiger partial charge is 0.274 e. The molecular weight excluding hydrogens is 286 g/mol. The second-order valence-corrected chi connectivity index (χ2v) is 7.15. The normalized spacial score (nSPS) is 37.7. The monoisotopic (exact) mass is 299 g/mol. The van der Waals surface area contributed by atoms with E-state index in [0.717, 1.165) is 0 Å². The van der Waals surface area contributed by atoms with Crippen LogP contribution in [0.2, 0.25) is 5.02 Å². The van der Waals surface area contributed by atoms with E-state index < -0.39 is 0 Å². The van der Waals surface area contributed by atoms with Gasteiger partial charge in [-0.05, 0) is 48.3 Å². The van der Waals surface area contributed by atoms with Crippen LogP contribution in [0.4, 0.5) is 5.69 Å². The summed E-state index contributed by atoms with van der Waals surface area (Å²) >= 11 is 6.00. The Hall–Kier alpha value is -1.61. The van der Waals surface area contributed by atoms with Gasteiger partial charge in [0.05, 0.1) is 17.5 Å². The molecule has 0 radical (unpaired) electrons. The van der Waals surface area contributed by atoms with Crippen LogP contribution in [0.3, 0.4) is 0 Å². The van der Waals surface area contributed by atoms with Crippen molar-refractivity contribution in [2.24, 2.45) is 29.1 Å². The number of carbonyl (C=O) groups excluding carboxylic acids is 2. The summed E-state index contributed by atoms with van der Waals surface area (Å²) in [5.41, 5.74) is 0.859. The zero-order valence-corrected chi connectivity index (χ0v) is 12.1. The zero-order chi connectivity index (χ0) is 14.4. The highest BCUT2D eigenvalue weighted by atomic mass is 35.5. The van der Waals surface area contributed by atoms with Gasteiger partial charge in [-0.2, -0.15) is 0 Å². The van der Waals surface area contributed by atoms with Crippen molar-refractivity contribution in [1.82, 2.24) is 0 Å². The Bertz CT molecular complexity index is 687. The van der Waals surface area contributed by atoms with E-state index in [0.29, 0.717) is 10.7 Å². The molecule has 106 valence electrons. The lowest BCUT2D eigenvalue weighted by Crippen LogP contribution is -2.34. The molecule has 5 rings (SSSR count). The molecule has 2 saturated carbocycles. The van der Waals surface area contributed by atoms with Gasteiger partial charge in [-0.1, -0.05) is 29.8 Å². The first-order chi connectivity index (χ1) is 10.1. The van der Waals surface area contributed by atoms with Gasteiger partial charge in [0.2, 0.25) is 11.8 Å². The molecule has 4 aliphatic rings. The van der Waals surface area contributed by atoms with Crippen molar-refractivity contribution >= 4 is 29.1 Å². The van der Waals surface area contributed by atoms with Crippen molar-refractivity contribution in [1.29, 1.82) is 0 Å². The third kappa shape index (κ3) is 1.27. The molecule has 21 heavy (non-hydrogen) atoms. The first-order valence-electron chi connectivity index (χ1n) is 7.45. The molecule has 1 saturated heterocycles. The smallest absolute Gasteiger partial charge is 0.238 e. The van der Waals surface area contributed by atoms with Crippen molar-refractivity contribution in [2.75, 3.05) is 4.90 Å². The maximum Gasteiger partial charge on any atom is 0.238 e. The Morgan fingerprint density at radius 1 is 1.05 bits per heavy atom. The number of benzene rings is 1. The summed E-state index contributed by atoms with van der Waals surface area (Å²) in [6.07, 6.45) is 6.71. The molecule has 2 bridgehead atoms. The number of halogens is 1. The molecule has 2 amide bonds. The number of nitrogens with zero attached hydrogens (tertiary/aromatic N) is 1. The minimum absolute atomic E-state index is 0.0320. The van der Waals surface area contributed by atoms with Gasteiger partial charge in [-0.25, -0.2) is 4.90 Å². The number of hydrogen-bond acceptors (Lipinski definition) is 2. The van der Waals surface area contributed by atoms with E-state index in [-0.39, 0.29) is 40.9 Å². The van der Waals surface area contributed by atoms with Crippen LogP contribution in [-0.4, -0.2) is 11.8 Å². The van der Waals surface area contributed by atoms with E-state index >= 15 is 0 Å². The highest BCUT2D eigenvalue weighted by Gasteiger charge is 2.73. The van der Waals surface area contributed by atoms with Crippen LogP contribution in [-0.2, 0) is 9.59 Å². The van der Waals surface area contributed by atoms with Crippen molar-refractivity contribution in [3.05, 3.63) is 41.4 Å². The molecular formula is C17H14ClNO2. The minimum atomic E-state index is -0.144. The van der Waals surface area contributed by atoms with E-state index in [1.54, 1.807) is 24.3 Å². The molecule has 4 atom stereocenters. The van der Waals surface area contributed by atoms with Crippen LogP contribution >= 0.6 is 11.6 Å². The maximum absolute atomic E-state index is 12.8. The standard InChI is InChI=1S/C17H14ClNO2/c18-9-2-1-3-10(8-9)19-15(20)13-11-4-5-12(14(13)16(19)21)17(11)6-7-17/h1-5,8,11-14H,6-7H2/t11-,12-,13-,14+/m0/s1. The van der Waals surface area contributed by atoms with Crippen LogP contribution in [0.5, 0.6) is 0 Å². The number of anilines is 1. The fourth-order valence-electron chi connectivity index (χ4n) is 4.95. The zero-order valence-electron chi connectivity index (χ0n) is 11.3. The predicted octanol–water partition coefficient (Wildman–Crippen LogP) is 3.04. The molecule has 3 fully saturated rings. The summed E-state index contributed by atoms with van der Waals surface area (Å²) in [6, 6.07) is 7.01. The second-order valence-electron chi connectivity index (χ2n) is 6.71. The molecule has 1 heterocycles. The summed E-state index contributed by atoms with van der Waals surface area (Å²) < 4.78 is 0. The summed E-state index contributed by atoms with van der Waals surface area (Å²) in [5, 5.41) is 0.546. The molecule has 1 aromatic rings. The highest BCUT2D eigenvalue weighted by molar-refractivity contribution is 6.31. The van der Waals surface area contributed by atoms with Crippen molar-refractivity contribution < 1.29 is 9.59 Å². The Balaban J connectivity index is 1.59. The van der Waals surface area contributed by atoms with Crippen LogP contribution in [0, 0.1) is 29.1 Å². The molecule has 1 aromatic carbocycles. The predicted molar refractivity (Wildman–Crippen MR) is 78.7 cm³/mol. The molecule has 3 aliphatic carbocycles. The van der Waals surface area contributed by atoms with Gasteiger partial charge in [0.1, 0.15) is 0 Å². The molecule has 0 aromatic heterocycles. The lowest BCUT2D eigenvalue weighted by molar-refractivity contribution is -0.123. The van der Waals surface area contributed by atoms with E-state index in [4.69, 9.17) is 11.6 Å². The number of rotatable bonds is 1. The first kappa shape index (κ1) is 12.0. The van der Waals surface area contributed by atoms with Gasteiger partial charge in [-0.15, -0.1) is 0 Å². The van der Waals surface area contributed by atoms with Crippen molar-refractivity contribution in [3.63, 3.8) is 0 Å². The summed E-state index contributed by atoms with van der Waals surface area (Å²) in [6.45, 7) is 0. The van der Waals surface area contributed by atoms with E-state index in [1.165, 1.54) is 17.7 Å². The number of hydrogen-bond donors (Lipinski definition) is 0. The lowest BCUT2D eigenvalue weighted by Gasteiger charge is -2.21. The van der Waals surface area contributed by atoms with Crippen molar-refractivity contribution in [3.8, 4) is 0 Å². The number of allylic oxidation sites excluding steroid dienone is 2. The van der Waals surface area contributed by atoms with Crippen LogP contribution in [0.25, 0.3) is 0 Å². The van der Waals surface area contributed by atoms with E-state index in [1.807, 2.05) is 0 Å². The van der Waals surface area contributed by atoms with E-state index in [9.17, 15) is 9.59 Å². The van der Waals surface area contributed by atoms with Crippen molar-refractivity contribution in [2.45, 2.75) is 12.8 Å². The van der Waals surface area contributed by atoms with E-state index in [2.05, 4.69) is 12.2 Å². The summed E-state index contributed by atoms with van der Waals surface area (Å²) in [5.74, 6) is 0.190. The maximum atomic E-state index is 12.8. The van der Waals surface area contributed by atoms with Gasteiger partial charge < -0.3 is 0 Å². The van der Waals surface area contributed by atoms with Gasteiger partial charge in [0.25, 0.3) is 0 Å². The number of amides is 2. The van der Waals surface area contributed by atoms with Crippen LogP contribution in [0.1, 0.15) is 12.8 Å². The average molecular weight is 300 g/mol. The quantitative estimate of drug-likeness (QED) is 0.590. The van der Waals surface area contributed by atoms with Crippen LogP contribution < -0.4 is 4.90 Å². The van der Waals surface area contributed by atoms with Gasteiger partial charge in [0.15, 0.2) is 0 Å². The molecule has 1 spiro atoms. The van der Waals surface area contributed by atoms with Gasteiger partial charge in [0, 0.05) is 5.02 Å². The Morgan fingerprint density at radius 3 is 2.19 bits per heavy atom. The molecule has 0 N–H and O–H groups in total. The minimum Gasteiger partial charge on any atom is -0.274 e. The fourth-order valence-corrected chi connectivity index (χ4v) is 5.13. The Labute approximate surface area is 127 Å². The van der Waals surface area contributed by atoms with Gasteiger partial charge >= 0.3 is 0 Å².